The Bertz CT molecular complexity index is 1240. The molecule has 134 valence electrons. The average molecular weight is 382 g/mol. The second kappa shape index (κ2) is 6.48. The van der Waals surface area contributed by atoms with E-state index >= 15 is 0 Å². The highest BCUT2D eigenvalue weighted by atomic mass is 32.2. The molecule has 0 saturated carbocycles. The largest absolute Gasteiger partial charge is 0.464 e. The van der Waals surface area contributed by atoms with Gasteiger partial charge in [-0.1, -0.05) is 30.0 Å². The summed E-state index contributed by atoms with van der Waals surface area (Å²) >= 11 is 1.73. The van der Waals surface area contributed by atoms with Gasteiger partial charge in [-0.25, -0.2) is 4.98 Å². The van der Waals surface area contributed by atoms with Gasteiger partial charge in [-0.3, -0.25) is 0 Å². The van der Waals surface area contributed by atoms with Gasteiger partial charge in [0, 0.05) is 20.9 Å². The van der Waals surface area contributed by atoms with Gasteiger partial charge in [0.1, 0.15) is 23.2 Å². The van der Waals surface area contributed by atoms with Crippen LogP contribution < -0.4 is 11.1 Å². The number of hydrogen-bond acceptors (Lipinski definition) is 6. The number of nitrogens with two attached hydrogens (primary N) is 1. The molecule has 2 aromatic heterocycles. The van der Waals surface area contributed by atoms with Gasteiger partial charge in [0.25, 0.3) is 0 Å². The van der Waals surface area contributed by atoms with E-state index in [2.05, 4.69) is 40.6 Å². The zero-order chi connectivity index (χ0) is 19.1. The van der Waals surface area contributed by atoms with Crippen molar-refractivity contribution in [1.29, 1.82) is 5.26 Å². The summed E-state index contributed by atoms with van der Waals surface area (Å²) in [6.07, 6.45) is 1.57. The van der Waals surface area contributed by atoms with Crippen molar-refractivity contribution in [2.24, 2.45) is 0 Å². The van der Waals surface area contributed by atoms with Crippen molar-refractivity contribution >= 4 is 29.0 Å². The van der Waals surface area contributed by atoms with Crippen LogP contribution in [0.2, 0.25) is 0 Å². The van der Waals surface area contributed by atoms with Crippen molar-refractivity contribution in [1.82, 2.24) is 4.98 Å². The minimum absolute atomic E-state index is 0.191. The highest BCUT2D eigenvalue weighted by Gasteiger charge is 2.18. The standard InChI is InChI=1S/C22H14N4OS/c23-12-15-14(19-5-3-9-27-19)11-17(26-22(15)24)13-7-8-21-18(10-13)25-16-4-1-2-6-20(16)28-21/h1-11,25H,(H2,24,26). The van der Waals surface area contributed by atoms with Gasteiger partial charge in [0.15, 0.2) is 0 Å². The SMILES string of the molecule is N#Cc1c(-c2ccco2)cc(-c2ccc3c(c2)Nc2ccccc2S3)nc1N. The van der Waals surface area contributed by atoms with Crippen molar-refractivity contribution in [3.8, 4) is 28.7 Å². The van der Waals surface area contributed by atoms with Gasteiger partial charge in [-0.2, -0.15) is 5.26 Å². The van der Waals surface area contributed by atoms with E-state index in [1.807, 2.05) is 24.3 Å². The molecule has 5 nitrogen and oxygen atoms in total. The molecule has 4 aromatic rings. The van der Waals surface area contributed by atoms with Crippen molar-refractivity contribution in [3.63, 3.8) is 0 Å². The van der Waals surface area contributed by atoms with Crippen LogP contribution in [0.5, 0.6) is 0 Å². The molecular weight excluding hydrogens is 368 g/mol. The summed E-state index contributed by atoms with van der Waals surface area (Å²) in [5.41, 5.74) is 10.7. The lowest BCUT2D eigenvalue weighted by Gasteiger charge is -2.21. The smallest absolute Gasteiger partial charge is 0.142 e. The van der Waals surface area contributed by atoms with Crippen LogP contribution in [0.1, 0.15) is 5.56 Å². The fraction of sp³-hybridized carbons (Fsp3) is 0. The van der Waals surface area contributed by atoms with Crippen LogP contribution in [0.25, 0.3) is 22.6 Å². The Morgan fingerprint density at radius 1 is 1.00 bits per heavy atom. The first-order valence-corrected chi connectivity index (χ1v) is 9.47. The highest BCUT2D eigenvalue weighted by Crippen LogP contribution is 2.45. The van der Waals surface area contributed by atoms with Gasteiger partial charge in [0.2, 0.25) is 0 Å². The Kier molecular flexibility index (Phi) is 3.81. The lowest BCUT2D eigenvalue weighted by molar-refractivity contribution is 0.582. The molecule has 0 radical (unpaired) electrons. The van der Waals surface area contributed by atoms with Crippen molar-refractivity contribution in [3.05, 3.63) is 72.5 Å². The molecule has 0 unspecified atom stereocenters. The van der Waals surface area contributed by atoms with Gasteiger partial charge in [-0.05, 0) is 42.5 Å². The Morgan fingerprint density at radius 2 is 1.86 bits per heavy atom. The van der Waals surface area contributed by atoms with Crippen molar-refractivity contribution in [2.75, 3.05) is 11.1 Å². The fourth-order valence-electron chi connectivity index (χ4n) is 3.25. The van der Waals surface area contributed by atoms with E-state index in [4.69, 9.17) is 10.2 Å². The lowest BCUT2D eigenvalue weighted by Crippen LogP contribution is -2.01. The normalized spacial score (nSPS) is 11.8. The minimum atomic E-state index is 0.191. The van der Waals surface area contributed by atoms with Gasteiger partial charge < -0.3 is 15.5 Å². The van der Waals surface area contributed by atoms with E-state index < -0.39 is 0 Å². The number of anilines is 3. The average Bonchev–Trinajstić information content (AvgIpc) is 3.26. The molecule has 0 spiro atoms. The summed E-state index contributed by atoms with van der Waals surface area (Å²) in [5.74, 6) is 0.782. The number of furan rings is 1. The zero-order valence-corrected chi connectivity index (χ0v) is 15.5. The van der Waals surface area contributed by atoms with E-state index in [1.165, 1.54) is 4.90 Å². The van der Waals surface area contributed by atoms with Crippen molar-refractivity contribution in [2.45, 2.75) is 9.79 Å². The summed E-state index contributed by atoms with van der Waals surface area (Å²) in [4.78, 5) is 6.80. The van der Waals surface area contributed by atoms with E-state index in [0.717, 1.165) is 21.8 Å². The molecule has 0 bridgehead atoms. The Balaban J connectivity index is 1.61. The number of nitrogen functional groups attached to an aromatic ring is 1. The van der Waals surface area contributed by atoms with Crippen molar-refractivity contribution < 1.29 is 4.42 Å². The number of hydrogen-bond donors (Lipinski definition) is 2. The highest BCUT2D eigenvalue weighted by molar-refractivity contribution is 7.99. The molecule has 5 rings (SSSR count). The van der Waals surface area contributed by atoms with Gasteiger partial charge >= 0.3 is 0 Å². The van der Waals surface area contributed by atoms with Crippen LogP contribution in [-0.4, -0.2) is 4.98 Å². The minimum Gasteiger partial charge on any atom is -0.464 e. The number of pyridine rings is 1. The monoisotopic (exact) mass is 382 g/mol. The molecule has 6 heteroatoms. The van der Waals surface area contributed by atoms with Crippen LogP contribution in [0.3, 0.4) is 0 Å². The quantitative estimate of drug-likeness (QED) is 0.409. The van der Waals surface area contributed by atoms with E-state index in [9.17, 15) is 5.26 Å². The molecule has 0 fully saturated rings. The number of aromatic nitrogens is 1. The number of benzene rings is 2. The molecule has 3 heterocycles. The number of fused-ring (bicyclic) bond motifs is 2. The number of para-hydroxylation sites is 1. The molecule has 2 aromatic carbocycles. The molecule has 28 heavy (non-hydrogen) atoms. The summed E-state index contributed by atoms with van der Waals surface area (Å²) in [6, 6.07) is 21.9. The Hall–Kier alpha value is -3.69. The molecule has 1 aliphatic heterocycles. The third kappa shape index (κ3) is 2.70. The Labute approximate surface area is 165 Å². The number of nitriles is 1. The second-order valence-corrected chi connectivity index (χ2v) is 7.42. The topological polar surface area (TPSA) is 87.9 Å². The van der Waals surface area contributed by atoms with Crippen LogP contribution in [0, 0.1) is 11.3 Å². The molecule has 0 aliphatic carbocycles. The predicted molar refractivity (Wildman–Crippen MR) is 110 cm³/mol. The van der Waals surface area contributed by atoms with Gasteiger partial charge in [-0.15, -0.1) is 0 Å². The van der Waals surface area contributed by atoms with Crippen LogP contribution >= 0.6 is 11.8 Å². The van der Waals surface area contributed by atoms with Crippen LogP contribution in [-0.2, 0) is 0 Å². The summed E-state index contributed by atoms with van der Waals surface area (Å²) in [7, 11) is 0. The lowest BCUT2D eigenvalue weighted by atomic mass is 10.0. The molecular formula is C22H14N4OS. The van der Waals surface area contributed by atoms with Crippen LogP contribution in [0.15, 0.2) is 81.1 Å². The zero-order valence-electron chi connectivity index (χ0n) is 14.6. The van der Waals surface area contributed by atoms with Crippen LogP contribution in [0.4, 0.5) is 17.2 Å². The summed E-state index contributed by atoms with van der Waals surface area (Å²) < 4.78 is 5.49. The third-order valence-corrected chi connectivity index (χ3v) is 5.75. The molecule has 3 N–H and O–H groups in total. The molecule has 0 saturated heterocycles. The van der Waals surface area contributed by atoms with E-state index in [-0.39, 0.29) is 5.82 Å². The maximum atomic E-state index is 9.49. The first-order valence-electron chi connectivity index (χ1n) is 8.66. The second-order valence-electron chi connectivity index (χ2n) is 6.34. The maximum Gasteiger partial charge on any atom is 0.142 e. The molecule has 1 aliphatic rings. The van der Waals surface area contributed by atoms with E-state index in [0.29, 0.717) is 22.6 Å². The number of rotatable bonds is 2. The number of nitrogens with one attached hydrogen (secondary N) is 1. The molecule has 0 atom stereocenters. The number of nitrogens with zero attached hydrogens (tertiary/aromatic N) is 2. The maximum absolute atomic E-state index is 9.49. The summed E-state index contributed by atoms with van der Waals surface area (Å²) in [5, 5.41) is 13.0. The van der Waals surface area contributed by atoms with Gasteiger partial charge in [0.05, 0.1) is 23.3 Å². The first-order chi connectivity index (χ1) is 13.7. The van der Waals surface area contributed by atoms with E-state index in [1.54, 1.807) is 30.2 Å². The fourth-order valence-corrected chi connectivity index (χ4v) is 4.22. The predicted octanol–water partition coefficient (Wildman–Crippen LogP) is 5.67. The first kappa shape index (κ1) is 16.5. The Morgan fingerprint density at radius 3 is 2.68 bits per heavy atom. The third-order valence-electron chi connectivity index (χ3n) is 4.60. The molecule has 0 amide bonds. The summed E-state index contributed by atoms with van der Waals surface area (Å²) in [6.45, 7) is 0.